The number of rotatable bonds is 6. The molecule has 0 aliphatic rings. The summed E-state index contributed by atoms with van der Waals surface area (Å²) in [5.41, 5.74) is 8.98. The lowest BCUT2D eigenvalue weighted by Crippen LogP contribution is -2.06. The minimum absolute atomic E-state index is 0.380. The van der Waals surface area contributed by atoms with Crippen LogP contribution < -0.4 is 20.5 Å². The zero-order chi connectivity index (χ0) is 22.1. The molecule has 10 heteroatoms. The summed E-state index contributed by atoms with van der Waals surface area (Å²) in [5.74, 6) is 2.51. The molecule has 4 rings (SSSR count). The number of nitrogen functional groups attached to an aromatic ring is 1. The first-order valence-corrected chi connectivity index (χ1v) is 9.85. The lowest BCUT2D eigenvalue weighted by atomic mass is 10.1. The minimum Gasteiger partial charge on any atom is -0.496 e. The zero-order valence-electron chi connectivity index (χ0n) is 17.6. The van der Waals surface area contributed by atoms with Crippen molar-refractivity contribution < 1.29 is 9.47 Å². The molecule has 0 unspecified atom stereocenters. The monoisotopic (exact) mass is 439 g/mol. The van der Waals surface area contributed by atoms with E-state index >= 15 is 0 Å². The molecule has 4 aromatic rings. The smallest absolute Gasteiger partial charge is 0.164 e. The molecule has 3 aromatic heterocycles. The van der Waals surface area contributed by atoms with Crippen LogP contribution in [0.15, 0.2) is 30.7 Å². The van der Waals surface area contributed by atoms with Gasteiger partial charge in [0.15, 0.2) is 5.82 Å². The molecular formula is C21H22ClN7O2. The quantitative estimate of drug-likeness (QED) is 0.468. The molecule has 0 amide bonds. The number of nitrogens with zero attached hydrogens (tertiary/aromatic N) is 5. The number of ether oxygens (including phenoxy) is 2. The van der Waals surface area contributed by atoms with E-state index in [4.69, 9.17) is 36.8 Å². The van der Waals surface area contributed by atoms with Crippen LogP contribution in [0.3, 0.4) is 0 Å². The van der Waals surface area contributed by atoms with Gasteiger partial charge in [0.1, 0.15) is 23.1 Å². The lowest BCUT2D eigenvalue weighted by Gasteiger charge is -2.16. The predicted molar refractivity (Wildman–Crippen MR) is 121 cm³/mol. The molecule has 1 aromatic carbocycles. The summed E-state index contributed by atoms with van der Waals surface area (Å²) in [6.07, 6.45) is 5.34. The van der Waals surface area contributed by atoms with Crippen molar-refractivity contribution in [2.75, 3.05) is 25.3 Å². The Kier molecular flexibility index (Phi) is 5.51. The highest BCUT2D eigenvalue weighted by Crippen LogP contribution is 2.42. The third-order valence-electron chi connectivity index (χ3n) is 4.93. The Balaban J connectivity index is 1.89. The fourth-order valence-corrected chi connectivity index (χ4v) is 3.73. The van der Waals surface area contributed by atoms with Gasteiger partial charge in [-0.25, -0.2) is 15.0 Å². The van der Waals surface area contributed by atoms with Gasteiger partial charge < -0.3 is 20.5 Å². The predicted octanol–water partition coefficient (Wildman–Crippen LogP) is 3.60. The fourth-order valence-electron chi connectivity index (χ4n) is 3.37. The summed E-state index contributed by atoms with van der Waals surface area (Å²) in [6, 6.07) is 3.48. The highest BCUT2D eigenvalue weighted by molar-refractivity contribution is 6.35. The van der Waals surface area contributed by atoms with Crippen LogP contribution in [0.25, 0.3) is 22.3 Å². The lowest BCUT2D eigenvalue weighted by molar-refractivity contribution is 0.393. The number of aromatic nitrogens is 5. The summed E-state index contributed by atoms with van der Waals surface area (Å²) in [7, 11) is 5.01. The molecule has 0 aliphatic carbocycles. The van der Waals surface area contributed by atoms with Crippen molar-refractivity contribution in [3.05, 3.63) is 46.9 Å². The topological polar surface area (TPSA) is 113 Å². The average molecular weight is 440 g/mol. The molecule has 31 heavy (non-hydrogen) atoms. The van der Waals surface area contributed by atoms with E-state index in [-0.39, 0.29) is 0 Å². The molecule has 0 saturated heterocycles. The van der Waals surface area contributed by atoms with Crippen LogP contribution in [0.2, 0.25) is 5.02 Å². The van der Waals surface area contributed by atoms with Crippen molar-refractivity contribution in [2.24, 2.45) is 7.05 Å². The van der Waals surface area contributed by atoms with Gasteiger partial charge in [-0.05, 0) is 13.0 Å². The van der Waals surface area contributed by atoms with E-state index in [0.717, 1.165) is 16.5 Å². The first-order chi connectivity index (χ1) is 14.9. The number of halogens is 1. The van der Waals surface area contributed by atoms with Crippen molar-refractivity contribution in [3.8, 4) is 22.9 Å². The van der Waals surface area contributed by atoms with Crippen molar-refractivity contribution >= 4 is 34.1 Å². The first kappa shape index (κ1) is 20.7. The van der Waals surface area contributed by atoms with E-state index < -0.39 is 0 Å². The van der Waals surface area contributed by atoms with Crippen molar-refractivity contribution in [2.45, 2.75) is 13.5 Å². The maximum Gasteiger partial charge on any atom is 0.164 e. The maximum absolute atomic E-state index is 6.65. The summed E-state index contributed by atoms with van der Waals surface area (Å²) in [6.45, 7) is 2.42. The first-order valence-electron chi connectivity index (χ1n) is 9.47. The summed E-state index contributed by atoms with van der Waals surface area (Å²) < 4.78 is 12.7. The van der Waals surface area contributed by atoms with Crippen LogP contribution in [-0.4, -0.2) is 39.0 Å². The molecule has 0 atom stereocenters. The summed E-state index contributed by atoms with van der Waals surface area (Å²) in [5, 5.41) is 8.72. The van der Waals surface area contributed by atoms with Crippen LogP contribution in [0, 0.1) is 6.92 Å². The highest BCUT2D eigenvalue weighted by atomic mass is 35.5. The molecule has 0 spiro atoms. The molecule has 0 radical (unpaired) electrons. The zero-order valence-corrected chi connectivity index (χ0v) is 18.4. The second kappa shape index (κ2) is 8.27. The van der Waals surface area contributed by atoms with E-state index in [9.17, 15) is 0 Å². The van der Waals surface area contributed by atoms with Gasteiger partial charge in [-0.15, -0.1) is 0 Å². The number of fused-ring (bicyclic) bond motifs is 1. The normalized spacial score (nSPS) is 11.0. The van der Waals surface area contributed by atoms with E-state index in [1.54, 1.807) is 43.4 Å². The van der Waals surface area contributed by atoms with Gasteiger partial charge in [0, 0.05) is 47.9 Å². The Morgan fingerprint density at radius 1 is 1.13 bits per heavy atom. The van der Waals surface area contributed by atoms with Crippen LogP contribution >= 0.6 is 11.6 Å². The summed E-state index contributed by atoms with van der Waals surface area (Å²) in [4.78, 5) is 13.7. The van der Waals surface area contributed by atoms with Crippen LogP contribution in [0.4, 0.5) is 11.6 Å². The maximum atomic E-state index is 6.65. The molecule has 0 saturated carbocycles. The Labute approximate surface area is 184 Å². The molecule has 0 aliphatic heterocycles. The van der Waals surface area contributed by atoms with E-state index in [0.29, 0.717) is 51.6 Å². The average Bonchev–Trinajstić information content (AvgIpc) is 3.17. The molecule has 0 fully saturated rings. The van der Waals surface area contributed by atoms with Gasteiger partial charge in [-0.3, -0.25) is 4.68 Å². The molecule has 160 valence electrons. The van der Waals surface area contributed by atoms with Gasteiger partial charge in [0.05, 0.1) is 37.2 Å². The van der Waals surface area contributed by atoms with Crippen molar-refractivity contribution in [3.63, 3.8) is 0 Å². The standard InChI is InChI=1S/C21H22ClN7O2/c1-11-15(30-3)6-16(31-4)19(22)18(11)21-27-14-9-24-17(23)5-13(14)20(28-21)25-7-12-8-26-29(2)10-12/h5-6,8-10H,7H2,1-4H3,(H2,23,24)(H,25,27,28). The van der Waals surface area contributed by atoms with E-state index in [1.807, 2.05) is 20.2 Å². The number of pyridine rings is 1. The molecule has 9 nitrogen and oxygen atoms in total. The van der Waals surface area contributed by atoms with Crippen LogP contribution in [0.1, 0.15) is 11.1 Å². The van der Waals surface area contributed by atoms with Crippen LogP contribution in [-0.2, 0) is 13.6 Å². The third-order valence-corrected chi connectivity index (χ3v) is 5.30. The van der Waals surface area contributed by atoms with Crippen molar-refractivity contribution in [1.29, 1.82) is 0 Å². The highest BCUT2D eigenvalue weighted by Gasteiger charge is 2.21. The minimum atomic E-state index is 0.380. The van der Waals surface area contributed by atoms with Gasteiger partial charge in [-0.2, -0.15) is 5.10 Å². The number of nitrogens with two attached hydrogens (primary N) is 1. The van der Waals surface area contributed by atoms with Crippen LogP contribution in [0.5, 0.6) is 11.5 Å². The number of anilines is 2. The van der Waals surface area contributed by atoms with Gasteiger partial charge in [0.2, 0.25) is 0 Å². The number of benzene rings is 1. The number of methoxy groups -OCH3 is 2. The Bertz CT molecular complexity index is 1240. The summed E-state index contributed by atoms with van der Waals surface area (Å²) >= 11 is 6.65. The number of hydrogen-bond acceptors (Lipinski definition) is 8. The van der Waals surface area contributed by atoms with E-state index in [1.165, 1.54) is 0 Å². The SMILES string of the molecule is COc1cc(OC)c(Cl)c(-c2nc(NCc3cnn(C)c3)c3cc(N)ncc3n2)c1C. The fraction of sp³-hybridized carbons (Fsp3) is 0.238. The second-order valence-electron chi connectivity index (χ2n) is 6.99. The van der Waals surface area contributed by atoms with E-state index in [2.05, 4.69) is 15.4 Å². The molecule has 3 heterocycles. The number of hydrogen-bond donors (Lipinski definition) is 2. The Hall–Kier alpha value is -3.59. The Morgan fingerprint density at radius 3 is 2.58 bits per heavy atom. The second-order valence-corrected chi connectivity index (χ2v) is 7.37. The van der Waals surface area contributed by atoms with Gasteiger partial charge in [0.25, 0.3) is 0 Å². The van der Waals surface area contributed by atoms with Crippen molar-refractivity contribution in [1.82, 2.24) is 24.7 Å². The molecular weight excluding hydrogens is 418 g/mol. The molecule has 3 N–H and O–H groups in total. The third kappa shape index (κ3) is 3.91. The Morgan fingerprint density at radius 2 is 1.90 bits per heavy atom. The number of aryl methyl sites for hydroxylation is 1. The van der Waals surface area contributed by atoms with Gasteiger partial charge in [-0.1, -0.05) is 11.6 Å². The molecule has 0 bridgehead atoms. The number of nitrogens with one attached hydrogen (secondary N) is 1. The van der Waals surface area contributed by atoms with Gasteiger partial charge >= 0.3 is 0 Å². The largest absolute Gasteiger partial charge is 0.496 e.